The molecule has 1 aliphatic rings. The van der Waals surface area contributed by atoms with Gasteiger partial charge in [0, 0.05) is 24.0 Å². The monoisotopic (exact) mass is 380 g/mol. The summed E-state index contributed by atoms with van der Waals surface area (Å²) in [7, 11) is 0. The Balaban J connectivity index is 1.64. The van der Waals surface area contributed by atoms with Crippen LogP contribution in [0.1, 0.15) is 41.4 Å². The van der Waals surface area contributed by atoms with Crippen LogP contribution in [-0.4, -0.2) is 34.0 Å². The number of pyridine rings is 1. The van der Waals surface area contributed by atoms with E-state index in [1.807, 2.05) is 13.8 Å². The van der Waals surface area contributed by atoms with Gasteiger partial charge in [-0.3, -0.25) is 14.0 Å². The molecule has 2 amide bonds. The minimum absolute atomic E-state index is 0.0128. The van der Waals surface area contributed by atoms with Gasteiger partial charge < -0.3 is 20.1 Å². The molecule has 0 saturated heterocycles. The average molecular weight is 380 g/mol. The molecule has 1 unspecified atom stereocenters. The highest BCUT2D eigenvalue weighted by atomic mass is 16.7. The second-order valence-corrected chi connectivity index (χ2v) is 6.54. The molecule has 3 aromatic rings. The minimum atomic E-state index is -0.428. The van der Waals surface area contributed by atoms with Crippen LogP contribution in [0.5, 0.6) is 11.5 Å². The van der Waals surface area contributed by atoms with Crippen LogP contribution in [0.15, 0.2) is 42.6 Å². The molecule has 2 N–H and O–H groups in total. The first kappa shape index (κ1) is 17.8. The minimum Gasteiger partial charge on any atom is -0.454 e. The maximum atomic E-state index is 12.8. The largest absolute Gasteiger partial charge is 0.454 e. The Morgan fingerprint density at radius 1 is 1.18 bits per heavy atom. The molecule has 2 aromatic heterocycles. The van der Waals surface area contributed by atoms with Gasteiger partial charge in [0.2, 0.25) is 12.6 Å². The van der Waals surface area contributed by atoms with E-state index in [0.717, 1.165) is 6.42 Å². The van der Waals surface area contributed by atoms with E-state index in [2.05, 4.69) is 15.6 Å². The van der Waals surface area contributed by atoms with Crippen molar-refractivity contribution in [2.45, 2.75) is 26.3 Å². The molecule has 1 aliphatic heterocycles. The standard InChI is InChI=1S/C20H20N4O4/c1-3-12(2)21-19(25)17-14-6-4-5-9-24(14)18(23-17)20(26)22-13-7-8-15-16(10-13)28-11-27-15/h4-10,12H,3,11H2,1-2H3,(H,21,25)(H,22,26). The van der Waals surface area contributed by atoms with Gasteiger partial charge in [0.1, 0.15) is 0 Å². The lowest BCUT2D eigenvalue weighted by molar-refractivity contribution is 0.0936. The van der Waals surface area contributed by atoms with E-state index in [9.17, 15) is 9.59 Å². The van der Waals surface area contributed by atoms with Gasteiger partial charge in [0.25, 0.3) is 11.8 Å². The van der Waals surface area contributed by atoms with Crippen molar-refractivity contribution in [3.63, 3.8) is 0 Å². The molecule has 8 nitrogen and oxygen atoms in total. The molecular formula is C20H20N4O4. The number of carbonyl (C=O) groups is 2. The SMILES string of the molecule is CCC(C)NC(=O)c1nc(C(=O)Nc2ccc3c(c2)OCO3)n2ccccc12. The summed E-state index contributed by atoms with van der Waals surface area (Å²) in [6, 6.07) is 10.5. The summed E-state index contributed by atoms with van der Waals surface area (Å²) >= 11 is 0. The number of imidazole rings is 1. The molecule has 8 heteroatoms. The molecule has 0 fully saturated rings. The first-order chi connectivity index (χ1) is 13.6. The number of rotatable bonds is 5. The second-order valence-electron chi connectivity index (χ2n) is 6.54. The van der Waals surface area contributed by atoms with Crippen LogP contribution in [0.2, 0.25) is 0 Å². The highest BCUT2D eigenvalue weighted by molar-refractivity contribution is 6.06. The molecule has 0 aliphatic carbocycles. The van der Waals surface area contributed by atoms with E-state index < -0.39 is 5.91 Å². The Bertz CT molecular complexity index is 1060. The van der Waals surface area contributed by atoms with E-state index in [1.165, 1.54) is 0 Å². The number of amides is 2. The van der Waals surface area contributed by atoms with Crippen molar-refractivity contribution in [3.8, 4) is 11.5 Å². The number of nitrogens with zero attached hydrogens (tertiary/aromatic N) is 2. The Hall–Kier alpha value is -3.55. The molecule has 0 bridgehead atoms. The van der Waals surface area contributed by atoms with Gasteiger partial charge in [-0.05, 0) is 37.6 Å². The van der Waals surface area contributed by atoms with Crippen LogP contribution in [0, 0.1) is 0 Å². The summed E-state index contributed by atoms with van der Waals surface area (Å²) in [5.41, 5.74) is 1.34. The highest BCUT2D eigenvalue weighted by Gasteiger charge is 2.23. The van der Waals surface area contributed by atoms with Crippen molar-refractivity contribution in [1.29, 1.82) is 0 Å². The molecule has 0 saturated carbocycles. The van der Waals surface area contributed by atoms with Gasteiger partial charge in [0.15, 0.2) is 17.2 Å². The van der Waals surface area contributed by atoms with E-state index in [1.54, 1.807) is 47.0 Å². The lowest BCUT2D eigenvalue weighted by Gasteiger charge is -2.09. The maximum absolute atomic E-state index is 12.8. The van der Waals surface area contributed by atoms with Gasteiger partial charge in [-0.15, -0.1) is 0 Å². The summed E-state index contributed by atoms with van der Waals surface area (Å²) < 4.78 is 12.2. The molecule has 3 heterocycles. The maximum Gasteiger partial charge on any atom is 0.292 e. The number of hydrogen-bond donors (Lipinski definition) is 2. The number of nitrogens with one attached hydrogen (secondary N) is 2. The lowest BCUT2D eigenvalue weighted by Crippen LogP contribution is -2.32. The van der Waals surface area contributed by atoms with E-state index in [4.69, 9.17) is 9.47 Å². The Labute approximate surface area is 161 Å². The molecule has 4 rings (SSSR count). The van der Waals surface area contributed by atoms with E-state index >= 15 is 0 Å². The normalized spacial score (nSPS) is 13.4. The quantitative estimate of drug-likeness (QED) is 0.710. The third-order valence-electron chi connectivity index (χ3n) is 4.59. The summed E-state index contributed by atoms with van der Waals surface area (Å²) in [5, 5.41) is 5.69. The fourth-order valence-electron chi connectivity index (χ4n) is 2.92. The van der Waals surface area contributed by atoms with Crippen LogP contribution in [0.25, 0.3) is 5.52 Å². The van der Waals surface area contributed by atoms with E-state index in [0.29, 0.717) is 22.7 Å². The zero-order valence-electron chi connectivity index (χ0n) is 15.6. The molecule has 1 atom stereocenters. The Morgan fingerprint density at radius 3 is 2.82 bits per heavy atom. The molecule has 1 aromatic carbocycles. The molecular weight excluding hydrogens is 360 g/mol. The lowest BCUT2D eigenvalue weighted by atomic mass is 10.2. The molecule has 0 radical (unpaired) electrons. The van der Waals surface area contributed by atoms with Crippen molar-refractivity contribution >= 4 is 23.0 Å². The third kappa shape index (κ3) is 3.24. The molecule has 0 spiro atoms. The molecule has 144 valence electrons. The smallest absolute Gasteiger partial charge is 0.292 e. The number of aromatic nitrogens is 2. The summed E-state index contributed by atoms with van der Waals surface area (Å²) in [6.07, 6.45) is 2.51. The third-order valence-corrected chi connectivity index (χ3v) is 4.59. The van der Waals surface area contributed by atoms with Crippen LogP contribution < -0.4 is 20.1 Å². The van der Waals surface area contributed by atoms with Gasteiger partial charge in [-0.2, -0.15) is 0 Å². The zero-order chi connectivity index (χ0) is 19.7. The fraction of sp³-hybridized carbons (Fsp3) is 0.250. The van der Waals surface area contributed by atoms with Gasteiger partial charge in [-0.1, -0.05) is 13.0 Å². The van der Waals surface area contributed by atoms with Gasteiger partial charge in [-0.25, -0.2) is 4.98 Å². The first-order valence-electron chi connectivity index (χ1n) is 9.05. The van der Waals surface area contributed by atoms with Gasteiger partial charge >= 0.3 is 0 Å². The van der Waals surface area contributed by atoms with Crippen LogP contribution >= 0.6 is 0 Å². The van der Waals surface area contributed by atoms with Crippen molar-refractivity contribution in [2.75, 3.05) is 12.1 Å². The average Bonchev–Trinajstić information content (AvgIpc) is 3.32. The number of anilines is 1. The zero-order valence-corrected chi connectivity index (χ0v) is 15.6. The highest BCUT2D eigenvalue weighted by Crippen LogP contribution is 2.34. The Morgan fingerprint density at radius 2 is 2.00 bits per heavy atom. The predicted molar refractivity (Wildman–Crippen MR) is 103 cm³/mol. The number of fused-ring (bicyclic) bond motifs is 2. The van der Waals surface area contributed by atoms with Crippen LogP contribution in [0.4, 0.5) is 5.69 Å². The van der Waals surface area contributed by atoms with Crippen LogP contribution in [-0.2, 0) is 0 Å². The van der Waals surface area contributed by atoms with Crippen LogP contribution in [0.3, 0.4) is 0 Å². The van der Waals surface area contributed by atoms with Crippen molar-refractivity contribution in [1.82, 2.24) is 14.7 Å². The predicted octanol–water partition coefficient (Wildman–Crippen LogP) is 2.84. The number of hydrogen-bond acceptors (Lipinski definition) is 5. The van der Waals surface area contributed by atoms with Crippen molar-refractivity contribution in [2.24, 2.45) is 0 Å². The number of ether oxygens (including phenoxy) is 2. The number of carbonyl (C=O) groups excluding carboxylic acids is 2. The second kappa shape index (κ2) is 7.22. The summed E-state index contributed by atoms with van der Waals surface area (Å²) in [5.74, 6) is 0.595. The fourth-order valence-corrected chi connectivity index (χ4v) is 2.92. The summed E-state index contributed by atoms with van der Waals surface area (Å²) in [4.78, 5) is 29.8. The van der Waals surface area contributed by atoms with Crippen molar-refractivity contribution in [3.05, 3.63) is 54.1 Å². The first-order valence-corrected chi connectivity index (χ1v) is 9.05. The van der Waals surface area contributed by atoms with Gasteiger partial charge in [0.05, 0.1) is 5.52 Å². The topological polar surface area (TPSA) is 94.0 Å². The molecule has 28 heavy (non-hydrogen) atoms. The summed E-state index contributed by atoms with van der Waals surface area (Å²) in [6.45, 7) is 4.07. The van der Waals surface area contributed by atoms with Crippen molar-refractivity contribution < 1.29 is 19.1 Å². The number of benzene rings is 1. The Kier molecular flexibility index (Phi) is 4.60. The van der Waals surface area contributed by atoms with E-state index in [-0.39, 0.29) is 30.3 Å².